The van der Waals surface area contributed by atoms with E-state index in [1.807, 2.05) is 0 Å². The van der Waals surface area contributed by atoms with Gasteiger partial charge in [0.2, 0.25) is 0 Å². The number of ketones is 1. The quantitative estimate of drug-likeness (QED) is 0.496. The van der Waals surface area contributed by atoms with Gasteiger partial charge in [-0.15, -0.1) is 0 Å². The molecule has 0 bridgehead atoms. The van der Waals surface area contributed by atoms with Crippen LogP contribution in [-0.4, -0.2) is 39.9 Å². The number of hydrogen-bond donors (Lipinski definition) is 3. The molecule has 0 radical (unpaired) electrons. The molecule has 0 amide bonds. The summed E-state index contributed by atoms with van der Waals surface area (Å²) in [5, 5.41) is 26.8. The van der Waals surface area contributed by atoms with Crippen LogP contribution in [0.1, 0.15) is 45.4 Å². The maximum Gasteiger partial charge on any atom is 0.135 e. The molecule has 4 nitrogen and oxygen atoms in total. The van der Waals surface area contributed by atoms with Crippen molar-refractivity contribution in [2.75, 3.05) is 6.61 Å². The van der Waals surface area contributed by atoms with Crippen molar-refractivity contribution in [1.29, 1.82) is 0 Å². The summed E-state index contributed by atoms with van der Waals surface area (Å²) < 4.78 is 0. The van der Waals surface area contributed by atoms with Crippen molar-refractivity contribution in [1.82, 2.24) is 0 Å². The molecule has 15 heavy (non-hydrogen) atoms. The van der Waals surface area contributed by atoms with E-state index in [9.17, 15) is 9.90 Å². The Morgan fingerprint density at radius 2 is 1.80 bits per heavy atom. The molecular weight excluding hydrogens is 196 g/mol. The molecule has 0 aliphatic rings. The van der Waals surface area contributed by atoms with Gasteiger partial charge >= 0.3 is 0 Å². The molecule has 0 aromatic carbocycles. The fourth-order valence-corrected chi connectivity index (χ4v) is 1.34. The van der Waals surface area contributed by atoms with Gasteiger partial charge in [0, 0.05) is 12.8 Å². The molecule has 0 saturated carbocycles. The Morgan fingerprint density at radius 3 is 2.33 bits per heavy atom. The third-order valence-corrected chi connectivity index (χ3v) is 2.38. The highest BCUT2D eigenvalue weighted by atomic mass is 16.4. The second-order valence-electron chi connectivity index (χ2n) is 3.87. The Kier molecular flexibility index (Phi) is 8.56. The number of carbonyl (C=O) groups is 1. The van der Waals surface area contributed by atoms with Crippen LogP contribution in [0.2, 0.25) is 0 Å². The van der Waals surface area contributed by atoms with Crippen molar-refractivity contribution in [3.05, 3.63) is 0 Å². The second kappa shape index (κ2) is 8.83. The molecule has 2 atom stereocenters. The normalized spacial score (nSPS) is 14.9. The Labute approximate surface area is 90.9 Å². The highest BCUT2D eigenvalue weighted by molar-refractivity contribution is 5.78. The first kappa shape index (κ1) is 14.6. The molecule has 0 aliphatic heterocycles. The van der Waals surface area contributed by atoms with E-state index in [4.69, 9.17) is 10.2 Å². The van der Waals surface area contributed by atoms with Crippen molar-refractivity contribution in [3.8, 4) is 0 Å². The largest absolute Gasteiger partial charge is 0.394 e. The number of aliphatic hydroxyl groups is 3. The maximum absolute atomic E-state index is 11.3. The summed E-state index contributed by atoms with van der Waals surface area (Å²) in [6.07, 6.45) is 2.17. The lowest BCUT2D eigenvalue weighted by Crippen LogP contribution is -2.31. The Morgan fingerprint density at radius 1 is 1.13 bits per heavy atom. The summed E-state index contributed by atoms with van der Waals surface area (Å²) in [5.41, 5.74) is 0. The molecule has 0 aliphatic carbocycles. The molecule has 0 fully saturated rings. The maximum atomic E-state index is 11.3. The van der Waals surface area contributed by atoms with Gasteiger partial charge in [0.1, 0.15) is 11.9 Å². The van der Waals surface area contributed by atoms with Gasteiger partial charge in [0.05, 0.1) is 12.7 Å². The summed E-state index contributed by atoms with van der Waals surface area (Å²) in [5.74, 6) is -0.0499. The lowest BCUT2D eigenvalue weighted by Gasteiger charge is -2.14. The summed E-state index contributed by atoms with van der Waals surface area (Å²) in [6, 6.07) is 0. The lowest BCUT2D eigenvalue weighted by atomic mass is 10.0. The van der Waals surface area contributed by atoms with Crippen molar-refractivity contribution in [2.45, 2.75) is 57.7 Å². The molecule has 0 rings (SSSR count). The smallest absolute Gasteiger partial charge is 0.135 e. The van der Waals surface area contributed by atoms with E-state index in [2.05, 4.69) is 6.92 Å². The zero-order valence-corrected chi connectivity index (χ0v) is 9.35. The molecule has 0 aromatic heterocycles. The molecule has 4 heteroatoms. The first-order valence-corrected chi connectivity index (χ1v) is 5.60. The van der Waals surface area contributed by atoms with Gasteiger partial charge in [-0.1, -0.05) is 26.2 Å². The van der Waals surface area contributed by atoms with Gasteiger partial charge in [0.25, 0.3) is 0 Å². The highest BCUT2D eigenvalue weighted by Crippen LogP contribution is 2.07. The minimum atomic E-state index is -1.20. The van der Waals surface area contributed by atoms with E-state index < -0.39 is 18.8 Å². The van der Waals surface area contributed by atoms with Crippen molar-refractivity contribution in [2.24, 2.45) is 0 Å². The average molecular weight is 218 g/mol. The van der Waals surface area contributed by atoms with Gasteiger partial charge in [-0.05, 0) is 6.42 Å². The predicted molar refractivity (Wildman–Crippen MR) is 57.5 cm³/mol. The van der Waals surface area contributed by atoms with E-state index >= 15 is 0 Å². The minimum absolute atomic E-state index is 0.0499. The first-order chi connectivity index (χ1) is 7.11. The fraction of sp³-hybridized carbons (Fsp3) is 0.909. The Hall–Kier alpha value is -0.450. The molecular formula is C11H22O4. The van der Waals surface area contributed by atoms with E-state index in [-0.39, 0.29) is 12.2 Å². The van der Waals surface area contributed by atoms with Gasteiger partial charge in [-0.25, -0.2) is 0 Å². The van der Waals surface area contributed by atoms with Gasteiger partial charge in [0.15, 0.2) is 0 Å². The number of rotatable bonds is 9. The minimum Gasteiger partial charge on any atom is -0.394 e. The topological polar surface area (TPSA) is 77.8 Å². The van der Waals surface area contributed by atoms with Crippen LogP contribution in [0.3, 0.4) is 0 Å². The van der Waals surface area contributed by atoms with Crippen LogP contribution in [0.5, 0.6) is 0 Å². The molecule has 0 spiro atoms. The van der Waals surface area contributed by atoms with Crippen molar-refractivity contribution < 1.29 is 20.1 Å². The molecule has 90 valence electrons. The molecule has 0 aromatic rings. The van der Waals surface area contributed by atoms with Crippen LogP contribution in [0, 0.1) is 0 Å². The summed E-state index contributed by atoms with van der Waals surface area (Å²) in [6.45, 7) is 1.59. The number of hydrogen-bond acceptors (Lipinski definition) is 4. The third kappa shape index (κ3) is 7.48. The van der Waals surface area contributed by atoms with E-state index in [1.54, 1.807) is 0 Å². The SMILES string of the molecule is CCCCCCC(=O)C[C@H](O)[C@H](O)CO. The third-order valence-electron chi connectivity index (χ3n) is 2.38. The predicted octanol–water partition coefficient (Wildman–Crippen LogP) is 0.630. The Balaban J connectivity index is 3.55. The van der Waals surface area contributed by atoms with E-state index in [0.717, 1.165) is 25.7 Å². The molecule has 3 N–H and O–H groups in total. The van der Waals surface area contributed by atoms with Crippen molar-refractivity contribution >= 4 is 5.78 Å². The van der Waals surface area contributed by atoms with Gasteiger partial charge in [-0.3, -0.25) is 4.79 Å². The van der Waals surface area contributed by atoms with Crippen LogP contribution >= 0.6 is 0 Å². The second-order valence-corrected chi connectivity index (χ2v) is 3.87. The van der Waals surface area contributed by atoms with Crippen LogP contribution in [0.25, 0.3) is 0 Å². The Bertz CT molecular complexity index is 170. The molecule has 0 heterocycles. The van der Waals surface area contributed by atoms with Crippen LogP contribution < -0.4 is 0 Å². The molecule has 0 saturated heterocycles. The number of aliphatic hydroxyl groups excluding tert-OH is 3. The van der Waals surface area contributed by atoms with Crippen LogP contribution in [0.15, 0.2) is 0 Å². The van der Waals surface area contributed by atoms with Gasteiger partial charge < -0.3 is 15.3 Å². The van der Waals surface area contributed by atoms with E-state index in [1.165, 1.54) is 0 Å². The monoisotopic (exact) mass is 218 g/mol. The zero-order chi connectivity index (χ0) is 11.7. The average Bonchev–Trinajstić information content (AvgIpc) is 2.23. The summed E-state index contributed by atoms with van der Waals surface area (Å²) >= 11 is 0. The lowest BCUT2D eigenvalue weighted by molar-refractivity contribution is -0.123. The summed E-state index contributed by atoms with van der Waals surface area (Å²) in [7, 11) is 0. The van der Waals surface area contributed by atoms with Crippen LogP contribution in [-0.2, 0) is 4.79 Å². The van der Waals surface area contributed by atoms with Crippen molar-refractivity contribution in [3.63, 3.8) is 0 Å². The number of Topliss-reactive ketones (excluding diaryl/α,β-unsaturated/α-hetero) is 1. The zero-order valence-electron chi connectivity index (χ0n) is 9.35. The van der Waals surface area contributed by atoms with Gasteiger partial charge in [-0.2, -0.15) is 0 Å². The highest BCUT2D eigenvalue weighted by Gasteiger charge is 2.18. The summed E-state index contributed by atoms with van der Waals surface area (Å²) in [4.78, 5) is 11.3. The number of carbonyl (C=O) groups excluding carboxylic acids is 1. The van der Waals surface area contributed by atoms with E-state index in [0.29, 0.717) is 6.42 Å². The fourth-order valence-electron chi connectivity index (χ4n) is 1.34. The molecule has 0 unspecified atom stereocenters. The standard InChI is InChI=1S/C11H22O4/c1-2-3-4-5-6-9(13)7-10(14)11(15)8-12/h10-12,14-15H,2-8H2,1H3/t10-,11+/m0/s1. The number of unbranched alkanes of at least 4 members (excludes halogenated alkanes) is 3. The first-order valence-electron chi connectivity index (χ1n) is 5.60. The van der Waals surface area contributed by atoms with Crippen LogP contribution in [0.4, 0.5) is 0 Å².